The van der Waals surface area contributed by atoms with E-state index in [2.05, 4.69) is 24.3 Å². The molecule has 0 bridgehead atoms. The van der Waals surface area contributed by atoms with Crippen molar-refractivity contribution in [2.75, 3.05) is 6.61 Å². The molecule has 5 rings (SSSR count). The van der Waals surface area contributed by atoms with Gasteiger partial charge in [0, 0.05) is 18.4 Å². The highest BCUT2D eigenvalue weighted by molar-refractivity contribution is 5.78. The van der Waals surface area contributed by atoms with Gasteiger partial charge in [0.15, 0.2) is 0 Å². The van der Waals surface area contributed by atoms with Gasteiger partial charge in [-0.2, -0.15) is 0 Å². The van der Waals surface area contributed by atoms with Crippen LogP contribution in [-0.4, -0.2) is 28.3 Å². The van der Waals surface area contributed by atoms with Gasteiger partial charge in [-0.1, -0.05) is 72.8 Å². The maximum absolute atomic E-state index is 12.1. The van der Waals surface area contributed by atoms with Crippen LogP contribution in [0.3, 0.4) is 0 Å². The summed E-state index contributed by atoms with van der Waals surface area (Å²) >= 11 is 0. The van der Waals surface area contributed by atoms with E-state index in [0.717, 1.165) is 39.3 Å². The molecule has 6 heteroatoms. The van der Waals surface area contributed by atoms with E-state index in [-0.39, 0.29) is 6.42 Å². The van der Waals surface area contributed by atoms with Gasteiger partial charge >= 0.3 is 5.97 Å². The zero-order chi connectivity index (χ0) is 28.8. The Balaban J connectivity index is 1.19. The zero-order valence-corrected chi connectivity index (χ0v) is 23.5. The lowest BCUT2D eigenvalue weighted by Crippen LogP contribution is -2.43. The van der Waals surface area contributed by atoms with Crippen LogP contribution in [0, 0.1) is 13.8 Å². The first kappa shape index (κ1) is 27.7. The van der Waals surface area contributed by atoms with Crippen molar-refractivity contribution in [3.05, 3.63) is 126 Å². The summed E-state index contributed by atoms with van der Waals surface area (Å²) in [6.07, 6.45) is 0.806. The van der Waals surface area contributed by atoms with Crippen LogP contribution < -0.4 is 9.47 Å². The number of carbonyl (C=O) groups is 1. The van der Waals surface area contributed by atoms with E-state index < -0.39 is 11.6 Å². The second kappa shape index (κ2) is 12.1. The molecule has 1 aromatic heterocycles. The number of aryl methyl sites for hydroxylation is 2. The number of aromatic nitrogens is 1. The minimum atomic E-state index is -1.41. The smallest absolute Gasteiger partial charge is 0.348 e. The molecule has 0 aliphatic carbocycles. The van der Waals surface area contributed by atoms with Gasteiger partial charge in [0.2, 0.25) is 11.5 Å². The number of carboxylic acid groups (broad SMARTS) is 1. The summed E-state index contributed by atoms with van der Waals surface area (Å²) in [6, 6.07) is 33.3. The molecule has 5 aromatic rings. The first-order chi connectivity index (χ1) is 19.8. The third-order valence-electron chi connectivity index (χ3n) is 7.06. The molecule has 41 heavy (non-hydrogen) atoms. The maximum atomic E-state index is 12.1. The number of oxazole rings is 1. The van der Waals surface area contributed by atoms with Gasteiger partial charge in [-0.3, -0.25) is 0 Å². The van der Waals surface area contributed by atoms with E-state index in [9.17, 15) is 9.90 Å². The third kappa shape index (κ3) is 6.67. The molecule has 1 unspecified atom stereocenters. The summed E-state index contributed by atoms with van der Waals surface area (Å²) < 4.78 is 17.9. The number of aliphatic carboxylic acids is 1. The molecule has 0 aliphatic heterocycles. The molecule has 6 nitrogen and oxygen atoms in total. The largest absolute Gasteiger partial charge is 0.493 e. The molecule has 1 heterocycles. The fourth-order valence-corrected chi connectivity index (χ4v) is 4.67. The highest BCUT2D eigenvalue weighted by Crippen LogP contribution is 2.28. The number of benzene rings is 4. The Labute approximate surface area is 240 Å². The minimum Gasteiger partial charge on any atom is -0.493 e. The molecule has 0 saturated carbocycles. The Kier molecular flexibility index (Phi) is 8.20. The molecule has 0 aliphatic rings. The van der Waals surface area contributed by atoms with Gasteiger partial charge in [-0.25, -0.2) is 9.78 Å². The number of ether oxygens (including phenoxy) is 2. The molecule has 0 spiro atoms. The fourth-order valence-electron chi connectivity index (χ4n) is 4.67. The minimum absolute atomic E-state index is 0.212. The number of para-hydroxylation sites is 1. The van der Waals surface area contributed by atoms with Crippen LogP contribution in [0.1, 0.15) is 29.5 Å². The summed E-state index contributed by atoms with van der Waals surface area (Å²) in [7, 11) is 0. The lowest BCUT2D eigenvalue weighted by molar-refractivity contribution is -0.153. The van der Waals surface area contributed by atoms with Crippen molar-refractivity contribution in [1.29, 1.82) is 0 Å². The lowest BCUT2D eigenvalue weighted by atomic mass is 9.96. The predicted octanol–water partition coefficient (Wildman–Crippen LogP) is 7.71. The summed E-state index contributed by atoms with van der Waals surface area (Å²) in [6.45, 7) is 5.84. The average Bonchev–Trinajstić information content (AvgIpc) is 3.36. The monoisotopic (exact) mass is 547 g/mol. The van der Waals surface area contributed by atoms with Crippen LogP contribution >= 0.6 is 0 Å². The highest BCUT2D eigenvalue weighted by Gasteiger charge is 2.36. The van der Waals surface area contributed by atoms with Crippen molar-refractivity contribution in [2.45, 2.75) is 39.2 Å². The highest BCUT2D eigenvalue weighted by atomic mass is 16.5. The molecule has 0 saturated heterocycles. The van der Waals surface area contributed by atoms with Gasteiger partial charge in [0.05, 0.1) is 12.3 Å². The van der Waals surface area contributed by atoms with E-state index in [0.29, 0.717) is 30.4 Å². The molecule has 0 radical (unpaired) electrons. The van der Waals surface area contributed by atoms with E-state index in [1.165, 1.54) is 0 Å². The van der Waals surface area contributed by atoms with Gasteiger partial charge in [-0.15, -0.1) is 0 Å². The van der Waals surface area contributed by atoms with Crippen LogP contribution in [0.4, 0.5) is 0 Å². The van der Waals surface area contributed by atoms with Gasteiger partial charge in [0.1, 0.15) is 17.3 Å². The van der Waals surface area contributed by atoms with Crippen LogP contribution in [0.25, 0.3) is 22.6 Å². The van der Waals surface area contributed by atoms with Crippen molar-refractivity contribution < 1.29 is 23.8 Å². The molecule has 0 amide bonds. The quantitative estimate of drug-likeness (QED) is 0.182. The van der Waals surface area contributed by atoms with E-state index in [4.69, 9.17) is 18.9 Å². The van der Waals surface area contributed by atoms with Crippen LogP contribution in [0.2, 0.25) is 0 Å². The summed E-state index contributed by atoms with van der Waals surface area (Å²) in [5.74, 6) is 1.60. The first-order valence-electron chi connectivity index (χ1n) is 13.6. The van der Waals surface area contributed by atoms with Crippen molar-refractivity contribution in [1.82, 2.24) is 4.98 Å². The van der Waals surface area contributed by atoms with Crippen LogP contribution in [-0.2, 0) is 17.6 Å². The molecule has 1 N–H and O–H groups in total. The van der Waals surface area contributed by atoms with Crippen molar-refractivity contribution in [3.63, 3.8) is 0 Å². The van der Waals surface area contributed by atoms with Crippen molar-refractivity contribution >= 4 is 5.97 Å². The summed E-state index contributed by atoms with van der Waals surface area (Å²) in [4.78, 5) is 16.9. The Morgan fingerprint density at radius 1 is 0.854 bits per heavy atom. The Hall–Kier alpha value is -4.84. The Morgan fingerprint density at radius 3 is 2.27 bits per heavy atom. The van der Waals surface area contributed by atoms with Crippen LogP contribution in [0.5, 0.6) is 11.5 Å². The van der Waals surface area contributed by atoms with Gasteiger partial charge < -0.3 is 19.0 Å². The van der Waals surface area contributed by atoms with E-state index >= 15 is 0 Å². The second-order valence-electron chi connectivity index (χ2n) is 10.3. The van der Waals surface area contributed by atoms with E-state index in [1.54, 1.807) is 13.0 Å². The molecule has 1 atom stereocenters. The van der Waals surface area contributed by atoms with E-state index in [1.807, 2.05) is 86.6 Å². The first-order valence-corrected chi connectivity index (χ1v) is 13.6. The maximum Gasteiger partial charge on any atom is 0.348 e. The van der Waals surface area contributed by atoms with Crippen molar-refractivity contribution in [3.8, 4) is 34.1 Å². The van der Waals surface area contributed by atoms with Gasteiger partial charge in [0.25, 0.3) is 0 Å². The molecule has 4 aromatic carbocycles. The second-order valence-corrected chi connectivity index (χ2v) is 10.3. The zero-order valence-electron chi connectivity index (χ0n) is 23.5. The molecule has 208 valence electrons. The number of hydrogen-bond acceptors (Lipinski definition) is 5. The average molecular weight is 548 g/mol. The fraction of sp³-hybridized carbons (Fsp3) is 0.200. The standard InChI is InChI=1S/C35H33NO5/c1-24-10-7-8-15-32(24)41-35(3,34(37)38)23-26-16-18-30(19-17-26)39-21-20-31-25(2)40-33(36-31)29-14-9-13-28(22-29)27-11-5-4-6-12-27/h4-19,22H,20-21,23H2,1-3H3,(H,37,38). The SMILES string of the molecule is Cc1ccccc1OC(C)(Cc1ccc(OCCc2nc(-c3cccc(-c4ccccc4)c3)oc2C)cc1)C(=O)O. The predicted molar refractivity (Wildman–Crippen MR) is 159 cm³/mol. The van der Waals surface area contributed by atoms with Gasteiger partial charge in [-0.05, 0) is 73.4 Å². The molecule has 0 fully saturated rings. The third-order valence-corrected chi connectivity index (χ3v) is 7.06. The summed E-state index contributed by atoms with van der Waals surface area (Å²) in [5.41, 5.74) is 4.35. The number of nitrogens with zero attached hydrogens (tertiary/aromatic N) is 1. The number of rotatable bonds is 11. The number of carboxylic acids is 1. The topological polar surface area (TPSA) is 81.8 Å². The normalized spacial score (nSPS) is 12.5. The Bertz CT molecular complexity index is 1620. The van der Waals surface area contributed by atoms with Crippen molar-refractivity contribution in [2.24, 2.45) is 0 Å². The molecular weight excluding hydrogens is 514 g/mol. The summed E-state index contributed by atoms with van der Waals surface area (Å²) in [5, 5.41) is 9.92. The number of hydrogen-bond donors (Lipinski definition) is 1. The Morgan fingerprint density at radius 2 is 1.54 bits per heavy atom. The lowest BCUT2D eigenvalue weighted by Gasteiger charge is -2.27. The van der Waals surface area contributed by atoms with Crippen LogP contribution in [0.15, 0.2) is 108 Å². The molecular formula is C35H33NO5.